The van der Waals surface area contributed by atoms with Crippen LogP contribution in [0.3, 0.4) is 0 Å². The van der Waals surface area contributed by atoms with Crippen LogP contribution in [-0.2, 0) is 26.7 Å². The van der Waals surface area contributed by atoms with Crippen molar-refractivity contribution in [1.82, 2.24) is 4.90 Å². The third kappa shape index (κ3) is 5.76. The first-order chi connectivity index (χ1) is 20.1. The van der Waals surface area contributed by atoms with E-state index in [2.05, 4.69) is 12.2 Å². The van der Waals surface area contributed by atoms with Crippen LogP contribution in [0.1, 0.15) is 84.3 Å². The summed E-state index contributed by atoms with van der Waals surface area (Å²) in [5.41, 5.74) is -4.52. The highest BCUT2D eigenvalue weighted by atomic mass is 19.4. The van der Waals surface area contributed by atoms with Crippen LogP contribution in [0.25, 0.3) is 0 Å². The Bertz CT molecular complexity index is 1350. The highest BCUT2D eigenvalue weighted by molar-refractivity contribution is 5.94. The van der Waals surface area contributed by atoms with E-state index in [1.165, 1.54) is 0 Å². The van der Waals surface area contributed by atoms with Gasteiger partial charge in [0.2, 0.25) is 12.3 Å². The Kier molecular flexibility index (Phi) is 8.01. The number of carbonyl (C=O) groups excluding carboxylic acids is 2. The number of alkyl halides is 6. The van der Waals surface area contributed by atoms with E-state index in [0.29, 0.717) is 63.3 Å². The van der Waals surface area contributed by atoms with Crippen LogP contribution in [0.15, 0.2) is 30.0 Å². The summed E-state index contributed by atoms with van der Waals surface area (Å²) in [5, 5.41) is 13.5. The van der Waals surface area contributed by atoms with Crippen molar-refractivity contribution < 1.29 is 45.8 Å². The number of hydrogen-bond donors (Lipinski definition) is 2. The molecule has 5 rings (SSSR count). The molecule has 0 aromatic heterocycles. The first kappa shape index (κ1) is 32.8. The number of ketones is 1. The molecular formula is C32H40F6N2O4. The van der Waals surface area contributed by atoms with Crippen LogP contribution in [-0.4, -0.2) is 40.3 Å². The van der Waals surface area contributed by atoms with Crippen LogP contribution < -0.4 is 5.32 Å². The molecule has 6 nitrogen and oxygen atoms in total. The standard InChI is InChI=1S/C32H40F6N2O4/c1-28(2,3)44-27(43)40-16-19-20-8-9-23(29(20,4)13-11-21(19)30(5)12-10-18(41)15-25(30)40)26(42)39-24-14-17(31(33,34)35)6-7-22(24)32(36,37)38/h6-7,14-15,19-21,23,27,43H,8-13,16H2,1-5H3,(H,39,42)/t19?,20?,21?,23-,27?,29+,30-/m1/s1. The maximum Gasteiger partial charge on any atom is 0.418 e. The van der Waals surface area contributed by atoms with Gasteiger partial charge in [0, 0.05) is 36.1 Å². The van der Waals surface area contributed by atoms with E-state index < -0.39 is 63.8 Å². The van der Waals surface area contributed by atoms with Crippen molar-refractivity contribution in [2.45, 2.75) is 97.5 Å². The zero-order valence-electron chi connectivity index (χ0n) is 25.5. The maximum atomic E-state index is 13.7. The number of benzene rings is 1. The summed E-state index contributed by atoms with van der Waals surface area (Å²) in [6.45, 7) is 9.87. The Morgan fingerprint density at radius 2 is 1.70 bits per heavy atom. The number of carbonyl (C=O) groups is 2. The molecule has 4 aliphatic rings. The number of amides is 1. The van der Waals surface area contributed by atoms with Gasteiger partial charge < -0.3 is 20.1 Å². The average molecular weight is 631 g/mol. The molecule has 1 saturated heterocycles. The highest BCUT2D eigenvalue weighted by Crippen LogP contribution is 2.65. The number of halogens is 6. The Labute approximate surface area is 253 Å². The summed E-state index contributed by atoms with van der Waals surface area (Å²) in [6.07, 6.45) is -6.31. The molecule has 7 atom stereocenters. The number of aliphatic hydroxyl groups is 1. The monoisotopic (exact) mass is 630 g/mol. The molecule has 1 amide bonds. The number of allylic oxidation sites excluding steroid dienone is 2. The van der Waals surface area contributed by atoms with Crippen LogP contribution in [0, 0.1) is 34.5 Å². The van der Waals surface area contributed by atoms with Gasteiger partial charge in [-0.25, -0.2) is 0 Å². The molecule has 1 aromatic rings. The normalized spacial score (nSPS) is 33.2. The molecule has 1 aliphatic heterocycles. The molecule has 1 heterocycles. The number of piperidine rings is 1. The third-order valence-corrected chi connectivity index (χ3v) is 10.7. The number of anilines is 1. The number of rotatable bonds is 4. The first-order valence-corrected chi connectivity index (χ1v) is 15.1. The van der Waals surface area contributed by atoms with E-state index in [1.54, 1.807) is 11.0 Å². The topological polar surface area (TPSA) is 78.9 Å². The largest absolute Gasteiger partial charge is 0.418 e. The predicted molar refractivity (Wildman–Crippen MR) is 150 cm³/mol. The summed E-state index contributed by atoms with van der Waals surface area (Å²) in [5.74, 6) is -1.38. The quantitative estimate of drug-likeness (QED) is 0.268. The van der Waals surface area contributed by atoms with Gasteiger partial charge in [-0.2, -0.15) is 26.3 Å². The molecule has 3 fully saturated rings. The number of ether oxygens (including phenoxy) is 1. The third-order valence-electron chi connectivity index (χ3n) is 10.7. The van der Waals surface area contributed by atoms with Crippen molar-refractivity contribution in [2.24, 2.45) is 34.5 Å². The zero-order valence-corrected chi connectivity index (χ0v) is 25.5. The van der Waals surface area contributed by atoms with Crippen LogP contribution in [0.4, 0.5) is 32.0 Å². The lowest BCUT2D eigenvalue weighted by molar-refractivity contribution is -0.250. The van der Waals surface area contributed by atoms with Gasteiger partial charge in [0.15, 0.2) is 5.78 Å². The summed E-state index contributed by atoms with van der Waals surface area (Å²) >= 11 is 0. The zero-order chi connectivity index (χ0) is 32.6. The Hall–Kier alpha value is -2.60. The van der Waals surface area contributed by atoms with Crippen LogP contribution >= 0.6 is 0 Å². The van der Waals surface area contributed by atoms with Gasteiger partial charge in [0.05, 0.1) is 22.4 Å². The van der Waals surface area contributed by atoms with E-state index in [9.17, 15) is 41.0 Å². The molecule has 2 saturated carbocycles. The lowest BCUT2D eigenvalue weighted by Crippen LogP contribution is -2.60. The number of aliphatic hydroxyl groups excluding tert-OH is 1. The smallest absolute Gasteiger partial charge is 0.351 e. The SMILES string of the molecule is CC(C)(C)OC(O)N1CC2C(CC[C@@]3(C)C2CC[C@@H]3C(=O)Nc2cc(C(F)(F)F)ccc2C(F)(F)F)[C@@]2(C)CCC(=O)C=C12. The minimum atomic E-state index is -4.96. The van der Waals surface area contributed by atoms with Gasteiger partial charge in [-0.3, -0.25) is 9.59 Å². The predicted octanol–water partition coefficient (Wildman–Crippen LogP) is 7.38. The van der Waals surface area contributed by atoms with Crippen molar-refractivity contribution >= 4 is 17.4 Å². The second-order valence-electron chi connectivity index (χ2n) is 14.4. The lowest BCUT2D eigenvalue weighted by atomic mass is 9.49. The van der Waals surface area contributed by atoms with Gasteiger partial charge in [0.1, 0.15) is 0 Å². The highest BCUT2D eigenvalue weighted by Gasteiger charge is 2.62. The van der Waals surface area contributed by atoms with E-state index in [1.807, 2.05) is 27.7 Å². The van der Waals surface area contributed by atoms with Crippen molar-refractivity contribution in [3.63, 3.8) is 0 Å². The fourth-order valence-corrected chi connectivity index (χ4v) is 8.66. The summed E-state index contributed by atoms with van der Waals surface area (Å²) < 4.78 is 87.3. The minimum Gasteiger partial charge on any atom is -0.351 e. The molecule has 0 spiro atoms. The van der Waals surface area contributed by atoms with E-state index in [0.717, 1.165) is 5.70 Å². The van der Waals surface area contributed by atoms with Crippen molar-refractivity contribution in [2.75, 3.05) is 11.9 Å². The molecule has 4 unspecified atom stereocenters. The maximum absolute atomic E-state index is 13.7. The van der Waals surface area contributed by atoms with Gasteiger partial charge in [-0.15, -0.1) is 0 Å². The number of nitrogens with zero attached hydrogens (tertiary/aromatic N) is 1. The number of hydrogen-bond acceptors (Lipinski definition) is 5. The van der Waals surface area contributed by atoms with Gasteiger partial charge >= 0.3 is 12.4 Å². The van der Waals surface area contributed by atoms with Gasteiger partial charge in [-0.1, -0.05) is 13.8 Å². The Balaban J connectivity index is 1.45. The fraction of sp³-hybridized carbons (Fsp3) is 0.688. The second-order valence-corrected chi connectivity index (χ2v) is 14.4. The number of nitrogens with one attached hydrogen (secondary N) is 1. The molecule has 2 N–H and O–H groups in total. The van der Waals surface area contributed by atoms with E-state index in [-0.39, 0.29) is 23.5 Å². The molecule has 0 bridgehead atoms. The molecule has 12 heteroatoms. The van der Waals surface area contributed by atoms with Crippen LogP contribution in [0.2, 0.25) is 0 Å². The summed E-state index contributed by atoms with van der Waals surface area (Å²) in [7, 11) is 0. The van der Waals surface area contributed by atoms with E-state index >= 15 is 0 Å². The Morgan fingerprint density at radius 3 is 2.32 bits per heavy atom. The fourth-order valence-electron chi connectivity index (χ4n) is 8.66. The summed E-state index contributed by atoms with van der Waals surface area (Å²) in [6, 6.07) is 1.06. The number of likely N-dealkylation sites (tertiary alicyclic amines) is 1. The molecule has 244 valence electrons. The van der Waals surface area contributed by atoms with Crippen LogP contribution in [0.5, 0.6) is 0 Å². The molecular weight excluding hydrogens is 590 g/mol. The molecule has 1 aromatic carbocycles. The molecule has 3 aliphatic carbocycles. The Morgan fingerprint density at radius 1 is 1.02 bits per heavy atom. The average Bonchev–Trinajstić information content (AvgIpc) is 3.24. The van der Waals surface area contributed by atoms with E-state index in [4.69, 9.17) is 4.74 Å². The molecule has 44 heavy (non-hydrogen) atoms. The van der Waals surface area contributed by atoms with Crippen molar-refractivity contribution in [3.05, 3.63) is 41.1 Å². The summed E-state index contributed by atoms with van der Waals surface area (Å²) in [4.78, 5) is 27.9. The second kappa shape index (κ2) is 10.7. The van der Waals surface area contributed by atoms with Crippen molar-refractivity contribution in [3.8, 4) is 0 Å². The minimum absolute atomic E-state index is 0.0144. The van der Waals surface area contributed by atoms with Crippen molar-refractivity contribution in [1.29, 1.82) is 0 Å². The molecule has 0 radical (unpaired) electrons. The van der Waals surface area contributed by atoms with Gasteiger partial charge in [-0.05, 0) is 94.2 Å². The first-order valence-electron chi connectivity index (χ1n) is 15.1. The number of fused-ring (bicyclic) bond motifs is 5. The lowest BCUT2D eigenvalue weighted by Gasteiger charge is -2.61. The van der Waals surface area contributed by atoms with Gasteiger partial charge in [0.25, 0.3) is 0 Å².